The summed E-state index contributed by atoms with van der Waals surface area (Å²) in [5.41, 5.74) is 3.05. The number of carbonyl (C=O) groups excluding carboxylic acids is 3. The molecule has 0 aliphatic carbocycles. The first-order chi connectivity index (χ1) is 22.4. The average Bonchev–Trinajstić information content (AvgIpc) is 3.53. The van der Waals surface area contributed by atoms with Gasteiger partial charge >= 0.3 is 0 Å². The lowest BCUT2D eigenvalue weighted by Gasteiger charge is -2.12. The van der Waals surface area contributed by atoms with Crippen LogP contribution in [-0.2, 0) is 9.59 Å². The summed E-state index contributed by atoms with van der Waals surface area (Å²) in [6.07, 6.45) is 1.59. The van der Waals surface area contributed by atoms with Crippen LogP contribution >= 0.6 is 23.1 Å². The van der Waals surface area contributed by atoms with Gasteiger partial charge in [-0.05, 0) is 85.3 Å². The number of anilines is 2. The summed E-state index contributed by atoms with van der Waals surface area (Å²) in [7, 11) is 0. The smallest absolute Gasteiger partial charge is 0.272 e. The molecule has 8 nitrogen and oxygen atoms in total. The summed E-state index contributed by atoms with van der Waals surface area (Å²) in [6, 6.07) is 28.9. The van der Waals surface area contributed by atoms with Crippen LogP contribution in [0.3, 0.4) is 0 Å². The molecule has 3 N–H and O–H groups in total. The van der Waals surface area contributed by atoms with Gasteiger partial charge in [-0.15, -0.1) is 23.1 Å². The fourth-order valence-corrected chi connectivity index (χ4v) is 5.68. The van der Waals surface area contributed by atoms with Gasteiger partial charge in [-0.1, -0.05) is 36.4 Å². The third kappa shape index (κ3) is 9.13. The Morgan fingerprint density at radius 2 is 1.67 bits per heavy atom. The van der Waals surface area contributed by atoms with Crippen LogP contribution in [0.1, 0.15) is 22.8 Å². The van der Waals surface area contributed by atoms with Gasteiger partial charge in [0.2, 0.25) is 5.91 Å². The standard InChI is InChI=1S/C35H29FN4O4S2/c1-2-44-28-17-11-23(12-18-28)19-30(38-33(42)25-7-4-3-5-8-25)34(43)37-27-9-6-10-29(20-27)45-22-32(41)40-35-39-31(21-46-35)24-13-15-26(36)16-14-24/h3-21H,2,22H2,1H3,(H,37,43)(H,38,42)(H,39,40,41)/b30-19+. The van der Waals surface area contributed by atoms with Crippen LogP contribution in [0.4, 0.5) is 15.2 Å². The summed E-state index contributed by atoms with van der Waals surface area (Å²) in [5.74, 6) is -0.707. The molecule has 0 radical (unpaired) electrons. The Labute approximate surface area is 273 Å². The molecule has 5 rings (SSSR count). The fraction of sp³-hybridized carbons (Fsp3) is 0.0857. The van der Waals surface area contributed by atoms with Gasteiger partial charge in [0, 0.05) is 27.1 Å². The maximum absolute atomic E-state index is 13.4. The van der Waals surface area contributed by atoms with Crippen LogP contribution < -0.4 is 20.7 Å². The minimum absolute atomic E-state index is 0.0545. The van der Waals surface area contributed by atoms with Crippen LogP contribution in [0, 0.1) is 5.82 Å². The number of rotatable bonds is 12. The SMILES string of the molecule is CCOc1ccc(/C=C(/NC(=O)c2ccccc2)C(=O)Nc2cccc(SCC(=O)Nc3nc(-c4ccc(F)cc4)cs3)c2)cc1. The number of aromatic nitrogens is 1. The van der Waals surface area contributed by atoms with Gasteiger partial charge in [-0.3, -0.25) is 14.4 Å². The predicted octanol–water partition coefficient (Wildman–Crippen LogP) is 7.49. The van der Waals surface area contributed by atoms with E-state index in [9.17, 15) is 18.8 Å². The highest BCUT2D eigenvalue weighted by molar-refractivity contribution is 8.00. The van der Waals surface area contributed by atoms with E-state index in [0.717, 1.165) is 10.5 Å². The average molecular weight is 653 g/mol. The highest BCUT2D eigenvalue weighted by Gasteiger charge is 2.16. The van der Waals surface area contributed by atoms with Crippen LogP contribution in [0.15, 0.2) is 119 Å². The lowest BCUT2D eigenvalue weighted by Crippen LogP contribution is -2.30. The number of benzene rings is 4. The molecule has 0 saturated carbocycles. The first-order valence-corrected chi connectivity index (χ1v) is 16.1. The number of ether oxygens (including phenoxy) is 1. The number of nitrogens with zero attached hydrogens (tertiary/aromatic N) is 1. The molecule has 0 atom stereocenters. The molecule has 0 fully saturated rings. The molecule has 1 aromatic heterocycles. The maximum Gasteiger partial charge on any atom is 0.272 e. The monoisotopic (exact) mass is 652 g/mol. The summed E-state index contributed by atoms with van der Waals surface area (Å²) < 4.78 is 18.7. The number of nitrogens with one attached hydrogen (secondary N) is 3. The zero-order valence-electron chi connectivity index (χ0n) is 24.7. The molecule has 0 aliphatic heterocycles. The molecule has 4 aromatic carbocycles. The molecule has 0 bridgehead atoms. The van der Waals surface area contributed by atoms with Gasteiger partial charge in [-0.25, -0.2) is 9.37 Å². The molecular weight excluding hydrogens is 624 g/mol. The molecule has 232 valence electrons. The summed E-state index contributed by atoms with van der Waals surface area (Å²) in [5, 5.41) is 10.6. The van der Waals surface area contributed by atoms with Crippen molar-refractivity contribution >= 4 is 57.7 Å². The second kappa shape index (κ2) is 15.6. The zero-order chi connectivity index (χ0) is 32.3. The van der Waals surface area contributed by atoms with Crippen molar-refractivity contribution in [1.29, 1.82) is 0 Å². The van der Waals surface area contributed by atoms with Crippen molar-refractivity contribution in [3.63, 3.8) is 0 Å². The normalized spacial score (nSPS) is 11.0. The van der Waals surface area contributed by atoms with Crippen LogP contribution in [-0.4, -0.2) is 35.1 Å². The number of hydrogen-bond donors (Lipinski definition) is 3. The molecular formula is C35H29FN4O4S2. The molecule has 11 heteroatoms. The van der Waals surface area contributed by atoms with E-state index in [0.29, 0.717) is 40.0 Å². The second-order valence-corrected chi connectivity index (χ2v) is 11.7. The van der Waals surface area contributed by atoms with E-state index < -0.39 is 11.8 Å². The molecule has 0 saturated heterocycles. The molecule has 5 aromatic rings. The largest absolute Gasteiger partial charge is 0.494 e. The van der Waals surface area contributed by atoms with E-state index in [-0.39, 0.29) is 23.2 Å². The van der Waals surface area contributed by atoms with E-state index in [4.69, 9.17) is 4.74 Å². The van der Waals surface area contributed by atoms with Crippen molar-refractivity contribution in [3.05, 3.63) is 131 Å². The Morgan fingerprint density at radius 3 is 2.41 bits per heavy atom. The van der Waals surface area contributed by atoms with E-state index >= 15 is 0 Å². The molecule has 1 heterocycles. The third-order valence-corrected chi connectivity index (χ3v) is 8.13. The molecule has 0 spiro atoms. The highest BCUT2D eigenvalue weighted by atomic mass is 32.2. The van der Waals surface area contributed by atoms with Gasteiger partial charge in [0.25, 0.3) is 11.8 Å². The number of amides is 3. The number of thiazole rings is 1. The van der Waals surface area contributed by atoms with Crippen molar-refractivity contribution in [2.24, 2.45) is 0 Å². The number of hydrogen-bond acceptors (Lipinski definition) is 7. The van der Waals surface area contributed by atoms with Crippen LogP contribution in [0.25, 0.3) is 17.3 Å². The molecule has 46 heavy (non-hydrogen) atoms. The topological polar surface area (TPSA) is 109 Å². The van der Waals surface area contributed by atoms with Crippen LogP contribution in [0.2, 0.25) is 0 Å². The number of halogens is 1. The lowest BCUT2D eigenvalue weighted by molar-refractivity contribution is -0.114. The van der Waals surface area contributed by atoms with Crippen molar-refractivity contribution in [1.82, 2.24) is 10.3 Å². The Kier molecular flexibility index (Phi) is 10.9. The molecule has 0 unspecified atom stereocenters. The van der Waals surface area contributed by atoms with Gasteiger partial charge in [0.05, 0.1) is 18.1 Å². The zero-order valence-corrected chi connectivity index (χ0v) is 26.3. The van der Waals surface area contributed by atoms with Gasteiger partial charge in [0.15, 0.2) is 5.13 Å². The van der Waals surface area contributed by atoms with Crippen molar-refractivity contribution in [2.45, 2.75) is 11.8 Å². The van der Waals surface area contributed by atoms with E-state index in [1.807, 2.05) is 13.0 Å². The van der Waals surface area contributed by atoms with Gasteiger partial charge < -0.3 is 20.7 Å². The summed E-state index contributed by atoms with van der Waals surface area (Å²) >= 11 is 2.58. The number of carbonyl (C=O) groups is 3. The quantitative estimate of drug-likeness (QED) is 0.0952. The molecule has 3 amide bonds. The van der Waals surface area contributed by atoms with E-state index in [2.05, 4.69) is 20.9 Å². The first kappa shape index (κ1) is 32.1. The highest BCUT2D eigenvalue weighted by Crippen LogP contribution is 2.26. The lowest BCUT2D eigenvalue weighted by atomic mass is 10.1. The summed E-state index contributed by atoms with van der Waals surface area (Å²) in [4.78, 5) is 44.2. The predicted molar refractivity (Wildman–Crippen MR) is 181 cm³/mol. The Morgan fingerprint density at radius 1 is 0.913 bits per heavy atom. The van der Waals surface area contributed by atoms with Crippen molar-refractivity contribution < 1.29 is 23.5 Å². The number of thioether (sulfide) groups is 1. The van der Waals surface area contributed by atoms with Gasteiger partial charge in [-0.2, -0.15) is 0 Å². The Bertz CT molecular complexity index is 1840. The third-order valence-electron chi connectivity index (χ3n) is 6.38. The van der Waals surface area contributed by atoms with E-state index in [1.54, 1.807) is 96.4 Å². The van der Waals surface area contributed by atoms with Crippen molar-refractivity contribution in [2.75, 3.05) is 23.0 Å². The Hall–Kier alpha value is -5.26. The molecule has 0 aliphatic rings. The first-order valence-electron chi connectivity index (χ1n) is 14.2. The fourth-order valence-electron chi connectivity index (χ4n) is 4.19. The van der Waals surface area contributed by atoms with Gasteiger partial charge in [0.1, 0.15) is 17.3 Å². The summed E-state index contributed by atoms with van der Waals surface area (Å²) in [6.45, 7) is 2.43. The minimum Gasteiger partial charge on any atom is -0.494 e. The minimum atomic E-state index is -0.515. The second-order valence-electron chi connectivity index (χ2n) is 9.74. The van der Waals surface area contributed by atoms with Crippen molar-refractivity contribution in [3.8, 4) is 17.0 Å². The van der Waals surface area contributed by atoms with E-state index in [1.165, 1.54) is 35.2 Å². The Balaban J connectivity index is 1.23. The van der Waals surface area contributed by atoms with Crippen LogP contribution in [0.5, 0.6) is 5.75 Å². The maximum atomic E-state index is 13.4.